The van der Waals surface area contributed by atoms with Gasteiger partial charge in [-0.05, 0) is 84.1 Å². The zero-order chi connectivity index (χ0) is 24.2. The van der Waals surface area contributed by atoms with Gasteiger partial charge in [-0.1, -0.05) is 5.21 Å². The van der Waals surface area contributed by atoms with E-state index in [9.17, 15) is 14.3 Å². The molecule has 2 heterocycles. The average Bonchev–Trinajstić information content (AvgIpc) is 3.42. The molecular formula is C19H13Br2FN8O4. The van der Waals surface area contributed by atoms with Crippen molar-refractivity contribution in [2.75, 3.05) is 5.73 Å². The number of nitrogens with one attached hydrogen (secondary N) is 1. The van der Waals surface area contributed by atoms with Gasteiger partial charge in [-0.3, -0.25) is 4.79 Å². The fourth-order valence-electron chi connectivity index (χ4n) is 2.68. The van der Waals surface area contributed by atoms with Crippen LogP contribution >= 0.6 is 31.9 Å². The van der Waals surface area contributed by atoms with Crippen molar-refractivity contribution in [2.45, 2.75) is 6.61 Å². The van der Waals surface area contributed by atoms with Gasteiger partial charge in [0.25, 0.3) is 5.91 Å². The summed E-state index contributed by atoms with van der Waals surface area (Å²) >= 11 is 6.44. The highest BCUT2D eigenvalue weighted by Crippen LogP contribution is 2.32. The van der Waals surface area contributed by atoms with Crippen molar-refractivity contribution < 1.29 is 23.7 Å². The van der Waals surface area contributed by atoms with E-state index in [2.05, 4.69) is 67.6 Å². The molecule has 15 heteroatoms. The molecule has 1 amide bonds. The van der Waals surface area contributed by atoms with Crippen molar-refractivity contribution in [3.05, 3.63) is 68.1 Å². The summed E-state index contributed by atoms with van der Waals surface area (Å²) in [6, 6.07) is 8.52. The van der Waals surface area contributed by atoms with E-state index in [0.29, 0.717) is 20.3 Å². The number of hydrazone groups is 1. The number of nitrogens with two attached hydrogens (primary N) is 1. The van der Waals surface area contributed by atoms with Crippen LogP contribution < -0.4 is 15.9 Å². The number of carbonyl (C=O) groups is 1. The topological polar surface area (TPSA) is 167 Å². The number of phenolic OH excluding ortho intramolecular Hbond substituents is 1. The Bertz CT molecular complexity index is 1350. The van der Waals surface area contributed by atoms with Crippen LogP contribution in [0.15, 0.2) is 55.1 Å². The second kappa shape index (κ2) is 9.96. The van der Waals surface area contributed by atoms with Gasteiger partial charge < -0.3 is 15.6 Å². The average molecular weight is 596 g/mol. The number of hydrogen-bond acceptors (Lipinski definition) is 10. The number of nitrogens with zero attached hydrogens (tertiary/aromatic N) is 6. The SMILES string of the molecule is Nc1nonc1-n1nnc(C(=O)N/N=C/c2cc(Br)c(O)c(Br)c2)c1COc1ccc(F)cc1. The third-order valence-electron chi connectivity index (χ3n) is 4.28. The Kier molecular flexibility index (Phi) is 6.83. The van der Waals surface area contributed by atoms with Gasteiger partial charge in [0, 0.05) is 0 Å². The lowest BCUT2D eigenvalue weighted by molar-refractivity contribution is 0.0947. The number of carbonyl (C=O) groups excluding carboxylic acids is 1. The number of halogens is 3. The van der Waals surface area contributed by atoms with Crippen LogP contribution in [0.4, 0.5) is 10.2 Å². The number of hydrogen-bond donors (Lipinski definition) is 3. The van der Waals surface area contributed by atoms with E-state index in [1.54, 1.807) is 12.1 Å². The Hall–Kier alpha value is -3.85. The molecule has 0 saturated carbocycles. The summed E-state index contributed by atoms with van der Waals surface area (Å²) in [4.78, 5) is 12.8. The lowest BCUT2D eigenvalue weighted by Crippen LogP contribution is -2.21. The largest absolute Gasteiger partial charge is 0.506 e. The van der Waals surface area contributed by atoms with Crippen molar-refractivity contribution in [3.63, 3.8) is 0 Å². The number of ether oxygens (including phenoxy) is 1. The Morgan fingerprint density at radius 3 is 2.62 bits per heavy atom. The molecule has 0 unspecified atom stereocenters. The second-order valence-corrected chi connectivity index (χ2v) is 8.25. The number of rotatable bonds is 7. The first-order valence-corrected chi connectivity index (χ1v) is 10.8. The zero-order valence-corrected chi connectivity index (χ0v) is 20.0. The molecule has 12 nitrogen and oxygen atoms in total. The number of nitrogen functional groups attached to an aromatic ring is 1. The number of benzene rings is 2. The molecule has 4 rings (SSSR count). The van der Waals surface area contributed by atoms with Crippen LogP contribution in [-0.2, 0) is 6.61 Å². The van der Waals surface area contributed by atoms with Gasteiger partial charge in [0.2, 0.25) is 11.6 Å². The summed E-state index contributed by atoms with van der Waals surface area (Å²) in [7, 11) is 0. The van der Waals surface area contributed by atoms with Crippen molar-refractivity contribution in [1.82, 2.24) is 30.7 Å². The highest BCUT2D eigenvalue weighted by atomic mass is 79.9. The smallest absolute Gasteiger partial charge is 0.293 e. The molecule has 0 aliphatic heterocycles. The standard InChI is InChI=1S/C19H13Br2FN8O4/c20-12-5-9(6-13(21)16(12)31)7-24-26-19(32)15-14(8-33-11-3-1-10(22)2-4-11)30(29-25-15)18-17(23)27-34-28-18/h1-7,31H,8H2,(H2,23,27)(H,26,32)/b24-7+. The Morgan fingerprint density at radius 1 is 1.26 bits per heavy atom. The highest BCUT2D eigenvalue weighted by molar-refractivity contribution is 9.11. The maximum atomic E-state index is 13.2. The van der Waals surface area contributed by atoms with Crippen molar-refractivity contribution in [3.8, 4) is 17.3 Å². The van der Waals surface area contributed by atoms with E-state index < -0.39 is 11.7 Å². The molecular weight excluding hydrogens is 583 g/mol. The molecule has 34 heavy (non-hydrogen) atoms. The maximum Gasteiger partial charge on any atom is 0.293 e. The van der Waals surface area contributed by atoms with Crippen LogP contribution in [0, 0.1) is 5.82 Å². The van der Waals surface area contributed by atoms with Crippen molar-refractivity contribution in [2.24, 2.45) is 5.10 Å². The first-order valence-electron chi connectivity index (χ1n) is 9.26. The number of phenols is 1. The molecule has 0 atom stereocenters. The summed E-state index contributed by atoms with van der Waals surface area (Å²) in [5.41, 5.74) is 8.71. The van der Waals surface area contributed by atoms with E-state index >= 15 is 0 Å². The third kappa shape index (κ3) is 5.04. The lowest BCUT2D eigenvalue weighted by atomic mass is 10.2. The molecule has 174 valence electrons. The number of aromatic hydroxyl groups is 1. The van der Waals surface area contributed by atoms with Crippen LogP contribution in [-0.4, -0.2) is 42.5 Å². The van der Waals surface area contributed by atoms with Gasteiger partial charge in [0.05, 0.1) is 15.2 Å². The van der Waals surface area contributed by atoms with Gasteiger partial charge in [0.1, 0.15) is 29.6 Å². The van der Waals surface area contributed by atoms with E-state index in [0.717, 1.165) is 4.68 Å². The number of amides is 1. The van der Waals surface area contributed by atoms with E-state index in [1.807, 2.05) is 0 Å². The van der Waals surface area contributed by atoms with Gasteiger partial charge in [0.15, 0.2) is 5.69 Å². The maximum absolute atomic E-state index is 13.2. The highest BCUT2D eigenvalue weighted by Gasteiger charge is 2.24. The Balaban J connectivity index is 1.57. The van der Waals surface area contributed by atoms with E-state index in [4.69, 9.17) is 10.5 Å². The van der Waals surface area contributed by atoms with Gasteiger partial charge in [-0.15, -0.1) is 5.10 Å². The minimum atomic E-state index is -0.702. The summed E-state index contributed by atoms with van der Waals surface area (Å²) in [5, 5.41) is 28.6. The molecule has 4 aromatic rings. The Labute approximate surface area is 206 Å². The summed E-state index contributed by atoms with van der Waals surface area (Å²) in [6.45, 7) is -0.199. The molecule has 0 spiro atoms. The second-order valence-electron chi connectivity index (χ2n) is 6.54. The van der Waals surface area contributed by atoms with E-state index in [1.165, 1.54) is 30.5 Å². The third-order valence-corrected chi connectivity index (χ3v) is 5.49. The normalized spacial score (nSPS) is 11.1. The molecule has 0 bridgehead atoms. The molecule has 0 fully saturated rings. The zero-order valence-electron chi connectivity index (χ0n) is 16.8. The molecule has 0 aliphatic rings. The predicted octanol–water partition coefficient (Wildman–Crippen LogP) is 2.95. The minimum absolute atomic E-state index is 0.00607. The number of aromatic nitrogens is 5. The summed E-state index contributed by atoms with van der Waals surface area (Å²) < 4.78 is 25.4. The molecule has 4 N–H and O–H groups in total. The fraction of sp³-hybridized carbons (Fsp3) is 0.0526. The molecule has 0 aliphatic carbocycles. The molecule has 2 aromatic carbocycles. The fourth-order valence-corrected chi connectivity index (χ4v) is 3.90. The van der Waals surface area contributed by atoms with Crippen LogP contribution in [0.2, 0.25) is 0 Å². The lowest BCUT2D eigenvalue weighted by Gasteiger charge is -2.08. The van der Waals surface area contributed by atoms with Crippen LogP contribution in [0.25, 0.3) is 5.82 Å². The summed E-state index contributed by atoms with van der Waals surface area (Å²) in [5.74, 6) is -0.829. The van der Waals surface area contributed by atoms with Gasteiger partial charge >= 0.3 is 0 Å². The monoisotopic (exact) mass is 594 g/mol. The minimum Gasteiger partial charge on any atom is -0.506 e. The van der Waals surface area contributed by atoms with Crippen LogP contribution in [0.3, 0.4) is 0 Å². The van der Waals surface area contributed by atoms with Crippen LogP contribution in [0.5, 0.6) is 11.5 Å². The van der Waals surface area contributed by atoms with Crippen molar-refractivity contribution in [1.29, 1.82) is 0 Å². The van der Waals surface area contributed by atoms with Crippen molar-refractivity contribution >= 4 is 49.8 Å². The van der Waals surface area contributed by atoms with Crippen LogP contribution in [0.1, 0.15) is 21.7 Å². The Morgan fingerprint density at radius 2 is 1.97 bits per heavy atom. The van der Waals surface area contributed by atoms with Gasteiger partial charge in [-0.25, -0.2) is 14.4 Å². The molecule has 0 saturated heterocycles. The van der Waals surface area contributed by atoms with E-state index in [-0.39, 0.29) is 35.4 Å². The molecule has 2 aromatic heterocycles. The number of anilines is 1. The first-order chi connectivity index (χ1) is 16.3. The van der Waals surface area contributed by atoms with Gasteiger partial charge in [-0.2, -0.15) is 9.78 Å². The summed E-state index contributed by atoms with van der Waals surface area (Å²) in [6.07, 6.45) is 1.37. The predicted molar refractivity (Wildman–Crippen MR) is 123 cm³/mol. The molecule has 0 radical (unpaired) electrons. The first kappa shape index (κ1) is 23.3. The quantitative estimate of drug-likeness (QED) is 0.215.